The van der Waals surface area contributed by atoms with Crippen LogP contribution in [0.5, 0.6) is 0 Å². The second-order valence-electron chi connectivity index (χ2n) is 4.60. The fourth-order valence-electron chi connectivity index (χ4n) is 1.80. The van der Waals surface area contributed by atoms with Crippen molar-refractivity contribution in [1.29, 1.82) is 5.41 Å². The van der Waals surface area contributed by atoms with Gasteiger partial charge in [0.25, 0.3) is 0 Å². The number of carbonyl (C=O) groups excluding carboxylic acids is 1. The van der Waals surface area contributed by atoms with Gasteiger partial charge in [-0.2, -0.15) is 0 Å². The number of hydrogen-bond donors (Lipinski definition) is 2. The molecule has 0 bridgehead atoms. The first-order valence-corrected chi connectivity index (χ1v) is 8.95. The van der Waals surface area contributed by atoms with Crippen LogP contribution in [0.4, 0.5) is 18.0 Å². The number of nitrogens with one attached hydrogen (secondary N) is 1. The van der Waals surface area contributed by atoms with E-state index < -0.39 is 25.2 Å². The zero-order valence-electron chi connectivity index (χ0n) is 11.0. The van der Waals surface area contributed by atoms with Crippen molar-refractivity contribution in [2.45, 2.75) is 16.5 Å². The van der Waals surface area contributed by atoms with Gasteiger partial charge in [0.1, 0.15) is 0 Å². The number of alkyl halides is 5. The van der Waals surface area contributed by atoms with Gasteiger partial charge in [0.15, 0.2) is 0 Å². The molecule has 3 N–H and O–H groups in total. The van der Waals surface area contributed by atoms with Crippen molar-refractivity contribution in [3.63, 3.8) is 0 Å². The summed E-state index contributed by atoms with van der Waals surface area (Å²) < 4.78 is 38.6. The molecule has 0 saturated carbocycles. The monoisotopic (exact) mass is 412 g/mol. The first-order chi connectivity index (χ1) is 9.78. The van der Waals surface area contributed by atoms with Gasteiger partial charge in [-0.25, -0.2) is 0 Å². The van der Waals surface area contributed by atoms with Crippen molar-refractivity contribution in [3.05, 3.63) is 35.4 Å². The summed E-state index contributed by atoms with van der Waals surface area (Å²) in [5.74, 6) is -0.302. The molecule has 2 rings (SSSR count). The molecule has 1 fully saturated rings. The third-order valence-corrected chi connectivity index (χ3v) is 5.49. The minimum atomic E-state index is -4.40. The van der Waals surface area contributed by atoms with Gasteiger partial charge in [0, 0.05) is 0 Å². The van der Waals surface area contributed by atoms with Crippen LogP contribution < -0.4 is 26.9 Å². The van der Waals surface area contributed by atoms with E-state index in [1.807, 2.05) is 12.1 Å². The molecular weight excluding hydrogens is 398 g/mol. The van der Waals surface area contributed by atoms with Crippen LogP contribution >= 0.6 is 0 Å². The van der Waals surface area contributed by atoms with E-state index in [1.165, 1.54) is 9.99 Å². The zero-order valence-corrected chi connectivity index (χ0v) is 13.1. The fourth-order valence-corrected chi connectivity index (χ4v) is 3.49. The van der Waals surface area contributed by atoms with Gasteiger partial charge >= 0.3 is 130 Å². The van der Waals surface area contributed by atoms with E-state index in [4.69, 9.17) is 11.1 Å². The van der Waals surface area contributed by atoms with Crippen LogP contribution in [-0.4, -0.2) is 33.9 Å². The summed E-state index contributed by atoms with van der Waals surface area (Å²) >= 11 is 0.264. The molecule has 8 heteroatoms. The molecule has 0 aromatic heterocycles. The fraction of sp³-hybridized carbons (Fsp3) is 0.385. The van der Waals surface area contributed by atoms with Crippen LogP contribution in [0.2, 0.25) is 0 Å². The Morgan fingerprint density at radius 3 is 2.38 bits per heavy atom. The Morgan fingerprint density at radius 1 is 1.38 bits per heavy atom. The van der Waals surface area contributed by atoms with Crippen molar-refractivity contribution in [2.24, 2.45) is 5.73 Å². The standard InChI is InChI=1S/C13H14F3IN3O/c14-13(15,16)5-6-20(12(19)21)11(18)9-3-1-8(2-4-9)10-7-17-10/h1-4,10,18H,5-7H2,(H2,19,21)/q-1. The normalized spacial score (nSPS) is 17.8. The molecule has 0 radical (unpaired) electrons. The molecule has 4 nitrogen and oxygen atoms in total. The van der Waals surface area contributed by atoms with E-state index in [1.54, 1.807) is 12.1 Å². The van der Waals surface area contributed by atoms with Crippen molar-refractivity contribution in [2.75, 3.05) is 11.0 Å². The average molecular weight is 412 g/mol. The molecule has 1 aliphatic heterocycles. The average Bonchev–Trinajstić information content (AvgIpc) is 3.21. The van der Waals surface area contributed by atoms with E-state index in [9.17, 15) is 18.0 Å². The Kier molecular flexibility index (Phi) is 4.74. The number of nitrogens with zero attached hydrogens (tertiary/aromatic N) is 1. The number of carbonyl (C=O) groups is 1. The van der Waals surface area contributed by atoms with Gasteiger partial charge < -0.3 is 0 Å². The zero-order chi connectivity index (χ0) is 15.6. The molecule has 1 atom stereocenters. The number of urea groups is 1. The number of hydrogen-bond acceptors (Lipinski definition) is 2. The minimum absolute atomic E-state index is 0.264. The Labute approximate surface area is 130 Å². The van der Waals surface area contributed by atoms with Gasteiger partial charge in [-0.15, -0.1) is 0 Å². The number of halogens is 4. The summed E-state index contributed by atoms with van der Waals surface area (Å²) in [5.41, 5.74) is 6.66. The molecule has 0 spiro atoms. The van der Waals surface area contributed by atoms with Crippen LogP contribution in [0.1, 0.15) is 21.5 Å². The first kappa shape index (κ1) is 16.1. The number of rotatable bonds is 4. The van der Waals surface area contributed by atoms with E-state index in [2.05, 4.69) is 0 Å². The second-order valence-corrected chi connectivity index (χ2v) is 7.87. The van der Waals surface area contributed by atoms with Gasteiger partial charge in [-0.1, -0.05) is 0 Å². The summed E-state index contributed by atoms with van der Waals surface area (Å²) in [6, 6.07) is 5.99. The molecule has 0 aliphatic carbocycles. The van der Waals surface area contributed by atoms with Crippen molar-refractivity contribution in [3.8, 4) is 0 Å². The van der Waals surface area contributed by atoms with Gasteiger partial charge in [-0.3, -0.25) is 0 Å². The number of amides is 2. The van der Waals surface area contributed by atoms with Gasteiger partial charge in [0.05, 0.1) is 0 Å². The molecule has 1 unspecified atom stereocenters. The Bertz CT molecular complexity index is 541. The van der Waals surface area contributed by atoms with E-state index >= 15 is 0 Å². The van der Waals surface area contributed by atoms with Gasteiger partial charge in [-0.05, 0) is 0 Å². The van der Waals surface area contributed by atoms with E-state index in [-0.39, 0.29) is 27.0 Å². The molecular formula is C13H14F3IN3O-. The van der Waals surface area contributed by atoms with Crippen molar-refractivity contribution >= 4 is 11.9 Å². The first-order valence-electron chi connectivity index (χ1n) is 6.18. The summed E-state index contributed by atoms with van der Waals surface area (Å²) in [6.45, 7) is -0.645. The third kappa shape index (κ3) is 4.58. The molecule has 1 aliphatic rings. The van der Waals surface area contributed by atoms with Crippen LogP contribution in [0.15, 0.2) is 24.3 Å². The summed E-state index contributed by atoms with van der Waals surface area (Å²) in [6.07, 6.45) is -5.59. The quantitative estimate of drug-likeness (QED) is 0.298. The molecule has 2 amide bonds. The molecule has 1 heterocycles. The van der Waals surface area contributed by atoms with Crippen LogP contribution in [0, 0.1) is 5.41 Å². The topological polar surface area (TPSA) is 70.2 Å². The number of primary amides is 1. The van der Waals surface area contributed by atoms with E-state index in [0.29, 0.717) is 14.4 Å². The predicted molar refractivity (Wildman–Crippen MR) is 67.8 cm³/mol. The number of amidine groups is 1. The summed E-state index contributed by atoms with van der Waals surface area (Å²) in [5, 5.41) is 7.88. The Morgan fingerprint density at radius 2 is 1.95 bits per heavy atom. The molecule has 1 aromatic rings. The molecule has 116 valence electrons. The maximum atomic E-state index is 12.2. The molecule has 21 heavy (non-hydrogen) atoms. The third-order valence-electron chi connectivity index (χ3n) is 3.01. The number of benzene rings is 1. The van der Waals surface area contributed by atoms with Crippen LogP contribution in [-0.2, 0) is 0 Å². The van der Waals surface area contributed by atoms with Crippen LogP contribution in [0.3, 0.4) is 0 Å². The summed E-state index contributed by atoms with van der Waals surface area (Å²) in [4.78, 5) is 11.9. The molecule has 1 aromatic carbocycles. The predicted octanol–water partition coefficient (Wildman–Crippen LogP) is -0.511. The SMILES string of the molecule is N=C(c1ccc(C2C[I-]2)cc1)N(CCC(F)(F)F)C(N)=O. The molecule has 1 saturated heterocycles. The summed E-state index contributed by atoms with van der Waals surface area (Å²) in [7, 11) is 0. The Balaban J connectivity index is 2.08. The Hall–Kier alpha value is -1.32. The van der Waals surface area contributed by atoms with E-state index in [0.717, 1.165) is 0 Å². The van der Waals surface area contributed by atoms with Crippen molar-refractivity contribution in [1.82, 2.24) is 4.90 Å². The number of nitrogens with two attached hydrogens (primary N) is 1. The van der Waals surface area contributed by atoms with Crippen LogP contribution in [0.25, 0.3) is 0 Å². The van der Waals surface area contributed by atoms with Crippen molar-refractivity contribution < 1.29 is 39.2 Å². The maximum absolute atomic E-state index is 12.2. The van der Waals surface area contributed by atoms with Gasteiger partial charge in [0.2, 0.25) is 0 Å². The second kappa shape index (κ2) is 6.20.